The zero-order chi connectivity index (χ0) is 16.4. The summed E-state index contributed by atoms with van der Waals surface area (Å²) in [5.74, 6) is 0.743. The van der Waals surface area contributed by atoms with Crippen molar-refractivity contribution in [1.82, 2.24) is 4.90 Å². The van der Waals surface area contributed by atoms with E-state index >= 15 is 0 Å². The van der Waals surface area contributed by atoms with Gasteiger partial charge in [0.2, 0.25) is 0 Å². The third kappa shape index (κ3) is 3.91. The molecule has 1 fully saturated rings. The molecule has 0 spiro atoms. The second kappa shape index (κ2) is 6.16. The number of likely N-dealkylation sites (tertiary alicyclic amines) is 1. The Balaban J connectivity index is 2.12. The van der Waals surface area contributed by atoms with E-state index in [-0.39, 0.29) is 12.6 Å². The Bertz CT molecular complexity index is 520. The van der Waals surface area contributed by atoms with Gasteiger partial charge < -0.3 is 19.5 Å². The van der Waals surface area contributed by atoms with Crippen molar-refractivity contribution >= 4 is 6.09 Å². The second-order valence-corrected chi connectivity index (χ2v) is 6.77. The average molecular weight is 307 g/mol. The number of aliphatic hydroxyl groups is 1. The van der Waals surface area contributed by atoms with Crippen LogP contribution in [0.2, 0.25) is 0 Å². The normalized spacial score (nSPS) is 22.3. The molecule has 0 bridgehead atoms. The van der Waals surface area contributed by atoms with Gasteiger partial charge in [-0.3, -0.25) is 0 Å². The number of ether oxygens (including phenoxy) is 2. The van der Waals surface area contributed by atoms with Crippen molar-refractivity contribution in [3.05, 3.63) is 29.8 Å². The maximum Gasteiger partial charge on any atom is 0.410 e. The van der Waals surface area contributed by atoms with Crippen LogP contribution in [0, 0.1) is 0 Å². The van der Waals surface area contributed by atoms with Gasteiger partial charge in [-0.15, -0.1) is 0 Å². The lowest BCUT2D eigenvalue weighted by molar-refractivity contribution is -0.0465. The van der Waals surface area contributed by atoms with Gasteiger partial charge in [-0.05, 0) is 51.3 Å². The summed E-state index contributed by atoms with van der Waals surface area (Å²) in [6, 6.07) is 7.33. The van der Waals surface area contributed by atoms with E-state index in [0.29, 0.717) is 13.0 Å². The summed E-state index contributed by atoms with van der Waals surface area (Å²) in [5.41, 5.74) is -0.782. The van der Waals surface area contributed by atoms with E-state index in [4.69, 9.17) is 9.47 Å². The van der Waals surface area contributed by atoms with Crippen molar-refractivity contribution in [2.24, 2.45) is 0 Å². The molecule has 1 aliphatic rings. The minimum Gasteiger partial charge on any atom is -0.497 e. The fourth-order valence-electron chi connectivity index (χ4n) is 2.66. The van der Waals surface area contributed by atoms with E-state index in [2.05, 4.69) is 0 Å². The molecule has 1 aromatic rings. The summed E-state index contributed by atoms with van der Waals surface area (Å²) in [7, 11) is 1.61. The first-order valence-corrected chi connectivity index (χ1v) is 7.58. The highest BCUT2D eigenvalue weighted by atomic mass is 16.6. The van der Waals surface area contributed by atoms with Crippen LogP contribution in [0.1, 0.15) is 39.2 Å². The molecular formula is C17H25NO4. The van der Waals surface area contributed by atoms with Crippen molar-refractivity contribution in [1.29, 1.82) is 0 Å². The topological polar surface area (TPSA) is 59.0 Å². The van der Waals surface area contributed by atoms with E-state index in [1.807, 2.05) is 45.0 Å². The Labute approximate surface area is 131 Å². The van der Waals surface area contributed by atoms with Crippen LogP contribution in [0.15, 0.2) is 24.3 Å². The zero-order valence-corrected chi connectivity index (χ0v) is 13.8. The molecule has 0 aromatic heterocycles. The highest BCUT2D eigenvalue weighted by molar-refractivity contribution is 5.68. The summed E-state index contributed by atoms with van der Waals surface area (Å²) in [5, 5.41) is 10.9. The predicted molar refractivity (Wildman–Crippen MR) is 83.9 cm³/mol. The molecule has 1 heterocycles. The first kappa shape index (κ1) is 16.6. The standard InChI is InChI=1S/C17H25NO4/c1-16(2,3)22-15(19)18-11-5-10-17(20,12-18)13-6-8-14(21-4)9-7-13/h6-9,20H,5,10-12H2,1-4H3. The van der Waals surface area contributed by atoms with Crippen LogP contribution in [-0.4, -0.2) is 41.9 Å². The van der Waals surface area contributed by atoms with Crippen molar-refractivity contribution in [2.75, 3.05) is 20.2 Å². The zero-order valence-electron chi connectivity index (χ0n) is 13.8. The molecule has 1 aliphatic heterocycles. The monoisotopic (exact) mass is 307 g/mol. The number of carbonyl (C=O) groups excluding carboxylic acids is 1. The van der Waals surface area contributed by atoms with Gasteiger partial charge >= 0.3 is 6.09 Å². The molecule has 0 radical (unpaired) electrons. The summed E-state index contributed by atoms with van der Waals surface area (Å²) in [4.78, 5) is 13.8. The molecule has 22 heavy (non-hydrogen) atoms. The molecule has 5 heteroatoms. The minimum absolute atomic E-state index is 0.244. The number of rotatable bonds is 2. The molecule has 0 saturated carbocycles. The third-order valence-electron chi connectivity index (χ3n) is 3.75. The number of amides is 1. The summed E-state index contributed by atoms with van der Waals surface area (Å²) in [6.45, 7) is 6.36. The van der Waals surface area contributed by atoms with Gasteiger partial charge in [0.15, 0.2) is 0 Å². The maximum absolute atomic E-state index is 12.2. The lowest BCUT2D eigenvalue weighted by atomic mass is 9.86. The summed E-state index contributed by atoms with van der Waals surface area (Å²) < 4.78 is 10.5. The van der Waals surface area contributed by atoms with Gasteiger partial charge in [0.25, 0.3) is 0 Å². The van der Waals surface area contributed by atoms with E-state index in [1.54, 1.807) is 12.0 Å². The quantitative estimate of drug-likeness (QED) is 0.912. The van der Waals surface area contributed by atoms with Gasteiger partial charge in [0, 0.05) is 6.54 Å². The molecule has 1 N–H and O–H groups in total. The number of hydrogen-bond acceptors (Lipinski definition) is 4. The average Bonchev–Trinajstić information content (AvgIpc) is 2.45. The van der Waals surface area contributed by atoms with E-state index in [1.165, 1.54) is 0 Å². The Kier molecular flexibility index (Phi) is 4.66. The molecule has 1 amide bonds. The van der Waals surface area contributed by atoms with Crippen molar-refractivity contribution in [3.8, 4) is 5.75 Å². The fourth-order valence-corrected chi connectivity index (χ4v) is 2.66. The fraction of sp³-hybridized carbons (Fsp3) is 0.588. The number of β-amino-alcohol motifs (C(OH)–C–C–N with tert-alkyl or cyclic N) is 1. The molecule has 2 rings (SSSR count). The lowest BCUT2D eigenvalue weighted by Gasteiger charge is -2.40. The Morgan fingerprint density at radius 3 is 2.45 bits per heavy atom. The first-order chi connectivity index (χ1) is 10.2. The highest BCUT2D eigenvalue weighted by Crippen LogP contribution is 2.33. The molecule has 1 atom stereocenters. The first-order valence-electron chi connectivity index (χ1n) is 7.58. The molecular weight excluding hydrogens is 282 g/mol. The van der Waals surface area contributed by atoms with Crippen LogP contribution < -0.4 is 4.74 Å². The van der Waals surface area contributed by atoms with Crippen molar-refractivity contribution < 1.29 is 19.4 Å². The van der Waals surface area contributed by atoms with Gasteiger partial charge in [-0.25, -0.2) is 4.79 Å². The molecule has 1 saturated heterocycles. The van der Waals surface area contributed by atoms with Crippen molar-refractivity contribution in [3.63, 3.8) is 0 Å². The van der Waals surface area contributed by atoms with E-state index in [0.717, 1.165) is 17.7 Å². The predicted octanol–water partition coefficient (Wildman–Crippen LogP) is 2.91. The largest absolute Gasteiger partial charge is 0.497 e. The number of methoxy groups -OCH3 is 1. The Morgan fingerprint density at radius 1 is 1.27 bits per heavy atom. The van der Waals surface area contributed by atoms with E-state index < -0.39 is 11.2 Å². The van der Waals surface area contributed by atoms with Gasteiger partial charge in [-0.1, -0.05) is 12.1 Å². The van der Waals surface area contributed by atoms with Gasteiger partial charge in [-0.2, -0.15) is 0 Å². The van der Waals surface area contributed by atoms with Gasteiger partial charge in [0.05, 0.1) is 13.7 Å². The van der Waals surface area contributed by atoms with Crippen molar-refractivity contribution in [2.45, 2.75) is 44.8 Å². The van der Waals surface area contributed by atoms with Crippen LogP contribution >= 0.6 is 0 Å². The van der Waals surface area contributed by atoms with Gasteiger partial charge in [0.1, 0.15) is 17.0 Å². The molecule has 1 unspecified atom stereocenters. The second-order valence-electron chi connectivity index (χ2n) is 6.77. The third-order valence-corrected chi connectivity index (χ3v) is 3.75. The maximum atomic E-state index is 12.2. The molecule has 1 aromatic carbocycles. The highest BCUT2D eigenvalue weighted by Gasteiger charge is 2.38. The van der Waals surface area contributed by atoms with E-state index in [9.17, 15) is 9.90 Å². The van der Waals surface area contributed by atoms with Crippen LogP contribution in [0.4, 0.5) is 4.79 Å². The molecule has 0 aliphatic carbocycles. The summed E-state index contributed by atoms with van der Waals surface area (Å²) >= 11 is 0. The molecule has 5 nitrogen and oxygen atoms in total. The SMILES string of the molecule is COc1ccc(C2(O)CCCN(C(=O)OC(C)(C)C)C2)cc1. The molecule has 122 valence electrons. The van der Waals surface area contributed by atoms with Crippen LogP contribution in [0.25, 0.3) is 0 Å². The Hall–Kier alpha value is -1.75. The summed E-state index contributed by atoms with van der Waals surface area (Å²) in [6.07, 6.45) is 0.986. The number of benzene rings is 1. The number of carbonyl (C=O) groups is 1. The number of nitrogens with zero attached hydrogens (tertiary/aromatic N) is 1. The number of piperidine rings is 1. The smallest absolute Gasteiger partial charge is 0.410 e. The Morgan fingerprint density at radius 2 is 1.91 bits per heavy atom. The van der Waals surface area contributed by atoms with Crippen LogP contribution in [0.5, 0.6) is 5.75 Å². The van der Waals surface area contributed by atoms with Crippen LogP contribution in [-0.2, 0) is 10.3 Å². The van der Waals surface area contributed by atoms with Crippen LogP contribution in [0.3, 0.4) is 0 Å². The lowest BCUT2D eigenvalue weighted by Crippen LogP contribution is -2.49. The number of hydrogen-bond donors (Lipinski definition) is 1. The minimum atomic E-state index is -1.04.